The highest BCUT2D eigenvalue weighted by molar-refractivity contribution is 5.98. The van der Waals surface area contributed by atoms with Crippen molar-refractivity contribution in [3.05, 3.63) is 0 Å². The first kappa shape index (κ1) is 17.0. The summed E-state index contributed by atoms with van der Waals surface area (Å²) >= 11 is 0. The van der Waals surface area contributed by atoms with E-state index in [0.29, 0.717) is 25.7 Å². The topological polar surface area (TPSA) is 49.9 Å². The van der Waals surface area contributed by atoms with Gasteiger partial charge >= 0.3 is 5.97 Å². The monoisotopic (exact) mass is 284 g/mol. The molecule has 2 unspecified atom stereocenters. The van der Waals surface area contributed by atoms with Crippen LogP contribution >= 0.6 is 0 Å². The highest BCUT2D eigenvalue weighted by Crippen LogP contribution is 2.29. The van der Waals surface area contributed by atoms with Crippen LogP contribution in [0.15, 0.2) is 0 Å². The molecule has 1 aliphatic heterocycles. The predicted molar refractivity (Wildman–Crippen MR) is 78.3 cm³/mol. The third-order valence-corrected chi connectivity index (χ3v) is 3.91. The number of piperazine rings is 1. The van der Waals surface area contributed by atoms with Crippen LogP contribution in [0.3, 0.4) is 0 Å². The number of rotatable bonds is 3. The number of esters is 1. The van der Waals surface area contributed by atoms with E-state index in [4.69, 9.17) is 4.74 Å². The van der Waals surface area contributed by atoms with Crippen molar-refractivity contribution in [3.8, 4) is 0 Å². The zero-order valence-electron chi connectivity index (χ0n) is 13.6. The predicted octanol–water partition coefficient (Wildman–Crippen LogP) is 1.37. The van der Waals surface area contributed by atoms with E-state index in [0.717, 1.165) is 6.54 Å². The van der Waals surface area contributed by atoms with Gasteiger partial charge in [0.15, 0.2) is 0 Å². The molecular formula is C15H28N2O3. The molecule has 0 aromatic carbocycles. The molecule has 0 radical (unpaired) electrons. The van der Waals surface area contributed by atoms with Crippen LogP contribution in [-0.4, -0.2) is 61.0 Å². The molecule has 20 heavy (non-hydrogen) atoms. The van der Waals surface area contributed by atoms with Crippen LogP contribution in [0, 0.1) is 11.3 Å². The van der Waals surface area contributed by atoms with Crippen LogP contribution in [-0.2, 0) is 14.3 Å². The summed E-state index contributed by atoms with van der Waals surface area (Å²) in [4.78, 5) is 28.9. The van der Waals surface area contributed by atoms with Gasteiger partial charge in [0.1, 0.15) is 5.92 Å². The van der Waals surface area contributed by atoms with Crippen molar-refractivity contribution in [3.63, 3.8) is 0 Å². The molecule has 2 atom stereocenters. The lowest BCUT2D eigenvalue weighted by molar-refractivity contribution is -0.161. The lowest BCUT2D eigenvalue weighted by atomic mass is 9.79. The molecule has 1 rings (SSSR count). The van der Waals surface area contributed by atoms with Crippen LogP contribution in [0.25, 0.3) is 0 Å². The quantitative estimate of drug-likeness (QED) is 0.580. The van der Waals surface area contributed by atoms with Gasteiger partial charge in [-0.25, -0.2) is 0 Å². The lowest BCUT2D eigenvalue weighted by Crippen LogP contribution is -2.55. The highest BCUT2D eigenvalue weighted by atomic mass is 16.5. The Morgan fingerprint density at radius 1 is 1.30 bits per heavy atom. The van der Waals surface area contributed by atoms with Crippen molar-refractivity contribution in [2.45, 2.75) is 40.7 Å². The summed E-state index contributed by atoms with van der Waals surface area (Å²) in [6.45, 7) is 12.1. The number of ether oxygens (including phenoxy) is 1. The van der Waals surface area contributed by atoms with Gasteiger partial charge in [-0.05, 0) is 26.3 Å². The SMILES string of the molecule is CCOC(=O)C(C(=O)N1CCN(C)C(C)C1)C(C)(C)C. The molecule has 0 aliphatic carbocycles. The first-order valence-electron chi connectivity index (χ1n) is 7.34. The minimum absolute atomic E-state index is 0.101. The Morgan fingerprint density at radius 3 is 2.35 bits per heavy atom. The third-order valence-electron chi connectivity index (χ3n) is 3.91. The molecule has 0 saturated carbocycles. The van der Waals surface area contributed by atoms with Crippen LogP contribution in [0.5, 0.6) is 0 Å². The first-order valence-corrected chi connectivity index (χ1v) is 7.34. The molecule has 0 bridgehead atoms. The van der Waals surface area contributed by atoms with Crippen LogP contribution < -0.4 is 0 Å². The largest absolute Gasteiger partial charge is 0.465 e. The molecular weight excluding hydrogens is 256 g/mol. The molecule has 1 fully saturated rings. The Balaban J connectivity index is 2.86. The number of carbonyl (C=O) groups is 2. The molecule has 0 N–H and O–H groups in total. The average molecular weight is 284 g/mol. The van der Waals surface area contributed by atoms with Gasteiger partial charge in [-0.15, -0.1) is 0 Å². The smallest absolute Gasteiger partial charge is 0.319 e. The van der Waals surface area contributed by atoms with E-state index < -0.39 is 17.3 Å². The summed E-state index contributed by atoms with van der Waals surface area (Å²) in [7, 11) is 2.05. The zero-order valence-corrected chi connectivity index (χ0v) is 13.6. The van der Waals surface area contributed by atoms with Crippen molar-refractivity contribution >= 4 is 11.9 Å². The fraction of sp³-hybridized carbons (Fsp3) is 0.867. The van der Waals surface area contributed by atoms with Gasteiger partial charge in [-0.2, -0.15) is 0 Å². The fourth-order valence-electron chi connectivity index (χ4n) is 2.48. The Kier molecular flexibility index (Phi) is 5.57. The van der Waals surface area contributed by atoms with Crippen molar-refractivity contribution in [1.82, 2.24) is 9.80 Å². The van der Waals surface area contributed by atoms with E-state index in [9.17, 15) is 9.59 Å². The fourth-order valence-corrected chi connectivity index (χ4v) is 2.48. The van der Waals surface area contributed by atoms with Crippen molar-refractivity contribution in [1.29, 1.82) is 0 Å². The normalized spacial score (nSPS) is 22.5. The van der Waals surface area contributed by atoms with Gasteiger partial charge in [0, 0.05) is 25.7 Å². The minimum Gasteiger partial charge on any atom is -0.465 e. The van der Waals surface area contributed by atoms with Gasteiger partial charge in [0.2, 0.25) is 5.91 Å². The molecule has 5 nitrogen and oxygen atoms in total. The van der Waals surface area contributed by atoms with Crippen molar-refractivity contribution < 1.29 is 14.3 Å². The third kappa shape index (κ3) is 3.95. The first-order chi connectivity index (χ1) is 9.18. The second-order valence-corrected chi connectivity index (χ2v) is 6.66. The van der Waals surface area contributed by atoms with Crippen LogP contribution in [0.2, 0.25) is 0 Å². The van der Waals surface area contributed by atoms with Crippen molar-refractivity contribution in [2.24, 2.45) is 11.3 Å². The van der Waals surface area contributed by atoms with E-state index in [2.05, 4.69) is 18.9 Å². The maximum Gasteiger partial charge on any atom is 0.319 e. The molecule has 0 aromatic rings. The second kappa shape index (κ2) is 6.57. The zero-order chi connectivity index (χ0) is 15.5. The summed E-state index contributed by atoms with van der Waals surface area (Å²) in [5.74, 6) is -1.23. The van der Waals surface area contributed by atoms with Gasteiger partial charge in [-0.1, -0.05) is 20.8 Å². The molecule has 1 amide bonds. The molecule has 116 valence electrons. The number of hydrogen-bond acceptors (Lipinski definition) is 4. The Labute approximate surface area is 122 Å². The average Bonchev–Trinajstić information content (AvgIpc) is 2.31. The molecule has 1 heterocycles. The molecule has 1 aliphatic rings. The number of amides is 1. The van der Waals surface area contributed by atoms with Gasteiger partial charge in [0.05, 0.1) is 6.61 Å². The van der Waals surface area contributed by atoms with Gasteiger partial charge < -0.3 is 14.5 Å². The van der Waals surface area contributed by atoms with Gasteiger partial charge in [-0.3, -0.25) is 9.59 Å². The highest BCUT2D eigenvalue weighted by Gasteiger charge is 2.42. The van der Waals surface area contributed by atoms with E-state index in [1.165, 1.54) is 0 Å². The lowest BCUT2D eigenvalue weighted by Gasteiger charge is -2.40. The van der Waals surface area contributed by atoms with E-state index in [1.54, 1.807) is 11.8 Å². The molecule has 0 spiro atoms. The van der Waals surface area contributed by atoms with Crippen LogP contribution in [0.1, 0.15) is 34.6 Å². The van der Waals surface area contributed by atoms with Gasteiger partial charge in [0.25, 0.3) is 0 Å². The Bertz CT molecular complexity index is 363. The number of likely N-dealkylation sites (N-methyl/N-ethyl adjacent to an activating group) is 1. The second-order valence-electron chi connectivity index (χ2n) is 6.66. The van der Waals surface area contributed by atoms with E-state index >= 15 is 0 Å². The standard InChI is InChI=1S/C15H28N2O3/c1-7-20-14(19)12(15(3,4)5)13(18)17-9-8-16(6)11(2)10-17/h11-12H,7-10H2,1-6H3. The summed E-state index contributed by atoms with van der Waals surface area (Å²) in [6, 6.07) is 0.315. The van der Waals surface area contributed by atoms with Crippen LogP contribution in [0.4, 0.5) is 0 Å². The summed E-state index contributed by atoms with van der Waals surface area (Å²) in [6.07, 6.45) is 0. The number of hydrogen-bond donors (Lipinski definition) is 0. The minimum atomic E-state index is -0.724. The summed E-state index contributed by atoms with van der Waals surface area (Å²) in [5.41, 5.74) is -0.435. The maximum absolute atomic E-state index is 12.7. The summed E-state index contributed by atoms with van der Waals surface area (Å²) < 4.78 is 5.09. The molecule has 0 aromatic heterocycles. The Morgan fingerprint density at radius 2 is 1.90 bits per heavy atom. The maximum atomic E-state index is 12.7. The van der Waals surface area contributed by atoms with E-state index in [1.807, 2.05) is 20.8 Å². The number of nitrogens with zero attached hydrogens (tertiary/aromatic N) is 2. The van der Waals surface area contributed by atoms with E-state index in [-0.39, 0.29) is 5.91 Å². The Hall–Kier alpha value is -1.10. The summed E-state index contributed by atoms with van der Waals surface area (Å²) in [5, 5.41) is 0. The van der Waals surface area contributed by atoms with Crippen molar-refractivity contribution in [2.75, 3.05) is 33.3 Å². The molecule has 5 heteroatoms. The molecule has 1 saturated heterocycles. The number of carbonyl (C=O) groups excluding carboxylic acids is 2.